The van der Waals surface area contributed by atoms with Gasteiger partial charge in [-0.2, -0.15) is 0 Å². The summed E-state index contributed by atoms with van der Waals surface area (Å²) in [7, 11) is 0. The van der Waals surface area contributed by atoms with E-state index >= 15 is 0 Å². The predicted octanol–water partition coefficient (Wildman–Crippen LogP) is 1.58. The van der Waals surface area contributed by atoms with Crippen molar-refractivity contribution >= 4 is 17.0 Å². The third kappa shape index (κ3) is 2.56. The minimum absolute atomic E-state index is 0.542. The molecule has 2 aromatic heterocycles. The fourth-order valence-corrected chi connectivity index (χ4v) is 2.26. The van der Waals surface area contributed by atoms with E-state index in [-0.39, 0.29) is 0 Å². The number of pyridine rings is 1. The highest BCUT2D eigenvalue weighted by atomic mass is 15.1. The van der Waals surface area contributed by atoms with Crippen LogP contribution in [0.2, 0.25) is 0 Å². The van der Waals surface area contributed by atoms with Crippen LogP contribution in [0.3, 0.4) is 0 Å². The van der Waals surface area contributed by atoms with Gasteiger partial charge in [-0.25, -0.2) is 15.0 Å². The normalized spacial score (nSPS) is 19.9. The average molecular weight is 243 g/mol. The molecule has 3 rings (SSSR count). The zero-order valence-electron chi connectivity index (χ0n) is 10.3. The molecule has 0 aromatic carbocycles. The number of piperidine rings is 1. The van der Waals surface area contributed by atoms with E-state index in [1.165, 1.54) is 19.3 Å². The van der Waals surface area contributed by atoms with Crippen molar-refractivity contribution in [3.8, 4) is 0 Å². The number of aromatic nitrogens is 3. The fraction of sp³-hybridized carbons (Fsp3) is 0.462. The Bertz CT molecular complexity index is 522. The highest BCUT2D eigenvalue weighted by Gasteiger charge is 2.12. The molecule has 1 aliphatic rings. The van der Waals surface area contributed by atoms with E-state index in [1.807, 2.05) is 12.1 Å². The molecule has 5 heteroatoms. The van der Waals surface area contributed by atoms with Crippen LogP contribution in [-0.4, -0.2) is 34.1 Å². The van der Waals surface area contributed by atoms with E-state index in [0.717, 1.165) is 24.4 Å². The number of anilines is 1. The molecular weight excluding hydrogens is 226 g/mol. The predicted molar refractivity (Wildman–Crippen MR) is 71.5 cm³/mol. The lowest BCUT2D eigenvalue weighted by Crippen LogP contribution is -2.39. The first-order chi connectivity index (χ1) is 8.92. The molecule has 94 valence electrons. The van der Waals surface area contributed by atoms with Gasteiger partial charge in [0.25, 0.3) is 0 Å². The molecule has 1 unspecified atom stereocenters. The quantitative estimate of drug-likeness (QED) is 0.857. The second kappa shape index (κ2) is 5.27. The van der Waals surface area contributed by atoms with E-state index in [2.05, 4.69) is 25.6 Å². The zero-order chi connectivity index (χ0) is 12.2. The summed E-state index contributed by atoms with van der Waals surface area (Å²) in [5.74, 6) is 0.800. The highest BCUT2D eigenvalue weighted by molar-refractivity contribution is 5.70. The lowest BCUT2D eigenvalue weighted by atomic mass is 10.1. The van der Waals surface area contributed by atoms with Crippen LogP contribution in [0.25, 0.3) is 11.2 Å². The number of nitrogens with one attached hydrogen (secondary N) is 2. The Labute approximate surface area is 106 Å². The molecule has 0 aliphatic carbocycles. The summed E-state index contributed by atoms with van der Waals surface area (Å²) in [5, 5.41) is 6.83. The molecule has 0 bridgehead atoms. The molecule has 1 aliphatic heterocycles. The van der Waals surface area contributed by atoms with E-state index in [1.54, 1.807) is 12.4 Å². The molecule has 1 fully saturated rings. The molecule has 0 radical (unpaired) electrons. The van der Waals surface area contributed by atoms with E-state index in [9.17, 15) is 0 Å². The van der Waals surface area contributed by atoms with Gasteiger partial charge in [-0.3, -0.25) is 0 Å². The Hall–Kier alpha value is -1.75. The maximum Gasteiger partial charge on any atom is 0.180 e. The highest BCUT2D eigenvalue weighted by Crippen LogP contribution is 2.11. The van der Waals surface area contributed by atoms with E-state index in [4.69, 9.17) is 0 Å². The Morgan fingerprint density at radius 3 is 3.22 bits per heavy atom. The fourth-order valence-electron chi connectivity index (χ4n) is 2.26. The van der Waals surface area contributed by atoms with Gasteiger partial charge in [0, 0.05) is 18.8 Å². The summed E-state index contributed by atoms with van der Waals surface area (Å²) in [6, 6.07) is 4.33. The molecule has 5 nitrogen and oxygen atoms in total. The molecule has 0 amide bonds. The summed E-state index contributed by atoms with van der Waals surface area (Å²) >= 11 is 0. The lowest BCUT2D eigenvalue weighted by molar-refractivity contribution is 0.414. The van der Waals surface area contributed by atoms with Gasteiger partial charge in [0.15, 0.2) is 5.65 Å². The molecule has 2 aromatic rings. The van der Waals surface area contributed by atoms with Gasteiger partial charge in [-0.05, 0) is 31.5 Å². The Balaban J connectivity index is 1.66. The smallest absolute Gasteiger partial charge is 0.180 e. The van der Waals surface area contributed by atoms with Gasteiger partial charge in [0.1, 0.15) is 11.3 Å². The Morgan fingerprint density at radius 1 is 1.33 bits per heavy atom. The second-order valence-corrected chi connectivity index (χ2v) is 4.63. The van der Waals surface area contributed by atoms with Crippen LogP contribution in [-0.2, 0) is 0 Å². The number of nitrogens with zero attached hydrogens (tertiary/aromatic N) is 3. The SMILES string of the molecule is c1cnc2nc(NCC3CCCCN3)cnc2c1. The largest absolute Gasteiger partial charge is 0.367 e. The third-order valence-electron chi connectivity index (χ3n) is 3.26. The molecule has 0 spiro atoms. The minimum Gasteiger partial charge on any atom is -0.367 e. The maximum atomic E-state index is 4.45. The van der Waals surface area contributed by atoms with Crippen LogP contribution in [0.4, 0.5) is 5.82 Å². The van der Waals surface area contributed by atoms with Crippen LogP contribution >= 0.6 is 0 Å². The lowest BCUT2D eigenvalue weighted by Gasteiger charge is -2.23. The number of fused-ring (bicyclic) bond motifs is 1. The standard InChI is InChI=1S/C13H17N5/c1-2-6-14-10(4-1)8-17-12-9-16-11-5-3-7-15-13(11)18-12/h3,5,7,9-10,14H,1-2,4,6,8H2,(H,15,17,18). The first-order valence-electron chi connectivity index (χ1n) is 6.47. The molecule has 1 saturated heterocycles. The first kappa shape index (κ1) is 11.3. The molecule has 18 heavy (non-hydrogen) atoms. The summed E-state index contributed by atoms with van der Waals surface area (Å²) in [4.78, 5) is 13.0. The Morgan fingerprint density at radius 2 is 2.33 bits per heavy atom. The van der Waals surface area contributed by atoms with Crippen molar-refractivity contribution in [3.63, 3.8) is 0 Å². The van der Waals surface area contributed by atoms with Crippen LogP contribution in [0.15, 0.2) is 24.5 Å². The van der Waals surface area contributed by atoms with Crippen molar-refractivity contribution in [3.05, 3.63) is 24.5 Å². The van der Waals surface area contributed by atoms with Crippen molar-refractivity contribution in [1.82, 2.24) is 20.3 Å². The zero-order valence-corrected chi connectivity index (χ0v) is 10.3. The van der Waals surface area contributed by atoms with Crippen molar-refractivity contribution in [2.45, 2.75) is 25.3 Å². The average Bonchev–Trinajstić information content (AvgIpc) is 2.46. The van der Waals surface area contributed by atoms with Crippen LogP contribution in [0.1, 0.15) is 19.3 Å². The molecule has 3 heterocycles. The minimum atomic E-state index is 0.542. The van der Waals surface area contributed by atoms with Gasteiger partial charge < -0.3 is 10.6 Å². The van der Waals surface area contributed by atoms with E-state index in [0.29, 0.717) is 11.7 Å². The maximum absolute atomic E-state index is 4.45. The molecule has 1 atom stereocenters. The first-order valence-corrected chi connectivity index (χ1v) is 6.47. The summed E-state index contributed by atoms with van der Waals surface area (Å²) in [5.41, 5.74) is 1.53. The number of hydrogen-bond donors (Lipinski definition) is 2. The summed E-state index contributed by atoms with van der Waals surface area (Å²) in [6.45, 7) is 2.02. The number of rotatable bonds is 3. The van der Waals surface area contributed by atoms with Crippen LogP contribution in [0.5, 0.6) is 0 Å². The van der Waals surface area contributed by atoms with Crippen molar-refractivity contribution in [1.29, 1.82) is 0 Å². The summed E-state index contributed by atoms with van der Waals surface area (Å²) in [6.07, 6.45) is 7.34. The molecule has 2 N–H and O–H groups in total. The summed E-state index contributed by atoms with van der Waals surface area (Å²) < 4.78 is 0. The number of hydrogen-bond acceptors (Lipinski definition) is 5. The molecule has 0 saturated carbocycles. The second-order valence-electron chi connectivity index (χ2n) is 4.63. The van der Waals surface area contributed by atoms with Gasteiger partial charge in [0.2, 0.25) is 0 Å². The Kier molecular flexibility index (Phi) is 3.32. The van der Waals surface area contributed by atoms with Gasteiger partial charge in [-0.1, -0.05) is 6.42 Å². The topological polar surface area (TPSA) is 62.7 Å². The monoisotopic (exact) mass is 243 g/mol. The van der Waals surface area contributed by atoms with Gasteiger partial charge >= 0.3 is 0 Å². The van der Waals surface area contributed by atoms with Gasteiger partial charge in [0.05, 0.1) is 6.20 Å². The van der Waals surface area contributed by atoms with Gasteiger partial charge in [-0.15, -0.1) is 0 Å². The van der Waals surface area contributed by atoms with Crippen molar-refractivity contribution < 1.29 is 0 Å². The molecular formula is C13H17N5. The van der Waals surface area contributed by atoms with Crippen molar-refractivity contribution in [2.75, 3.05) is 18.4 Å². The van der Waals surface area contributed by atoms with Crippen molar-refractivity contribution in [2.24, 2.45) is 0 Å². The van der Waals surface area contributed by atoms with E-state index < -0.39 is 0 Å². The third-order valence-corrected chi connectivity index (χ3v) is 3.26. The van der Waals surface area contributed by atoms with Crippen LogP contribution < -0.4 is 10.6 Å². The van der Waals surface area contributed by atoms with Crippen LogP contribution in [0, 0.1) is 0 Å².